The van der Waals surface area contributed by atoms with Gasteiger partial charge in [-0.05, 0) is 39.2 Å². The molecule has 0 saturated heterocycles. The van der Waals surface area contributed by atoms with Gasteiger partial charge in [-0.25, -0.2) is 0 Å². The van der Waals surface area contributed by atoms with Gasteiger partial charge in [0.1, 0.15) is 4.99 Å². The summed E-state index contributed by atoms with van der Waals surface area (Å²) in [7, 11) is 4.10. The van der Waals surface area contributed by atoms with Gasteiger partial charge >= 0.3 is 0 Å². The van der Waals surface area contributed by atoms with Crippen LogP contribution in [0.5, 0.6) is 0 Å². The molecule has 0 radical (unpaired) electrons. The van der Waals surface area contributed by atoms with Crippen molar-refractivity contribution in [2.45, 2.75) is 13.0 Å². The predicted octanol–water partition coefficient (Wildman–Crippen LogP) is 2.45. The van der Waals surface area contributed by atoms with E-state index >= 15 is 0 Å². The van der Waals surface area contributed by atoms with Crippen LogP contribution in [0, 0.1) is 0 Å². The van der Waals surface area contributed by atoms with Gasteiger partial charge in [0.15, 0.2) is 0 Å². The van der Waals surface area contributed by atoms with Gasteiger partial charge in [-0.1, -0.05) is 28.1 Å². The number of halogens is 1. The monoisotopic (exact) mass is 315 g/mol. The Morgan fingerprint density at radius 1 is 1.53 bits per heavy atom. The Kier molecular flexibility index (Phi) is 5.36. The standard InChI is InChI=1S/C12H18BrN3S/c1-8(7-16(2)3)15-11-5-4-9(13)6-10(11)12(14)17/h4-6,8,15H,7H2,1-3H3,(H2,14,17). The van der Waals surface area contributed by atoms with Crippen molar-refractivity contribution in [3.05, 3.63) is 28.2 Å². The van der Waals surface area contributed by atoms with Crippen LogP contribution in [0.15, 0.2) is 22.7 Å². The first-order chi connectivity index (χ1) is 7.90. The van der Waals surface area contributed by atoms with E-state index in [9.17, 15) is 0 Å². The van der Waals surface area contributed by atoms with Crippen LogP contribution in [0.25, 0.3) is 0 Å². The summed E-state index contributed by atoms with van der Waals surface area (Å²) in [4.78, 5) is 2.54. The van der Waals surface area contributed by atoms with Crippen LogP contribution in [-0.4, -0.2) is 36.6 Å². The Morgan fingerprint density at radius 2 is 2.18 bits per heavy atom. The summed E-state index contributed by atoms with van der Waals surface area (Å²) in [6.45, 7) is 3.08. The van der Waals surface area contributed by atoms with Crippen molar-refractivity contribution in [1.82, 2.24) is 4.90 Å². The van der Waals surface area contributed by atoms with E-state index < -0.39 is 0 Å². The maximum absolute atomic E-state index is 5.72. The van der Waals surface area contributed by atoms with E-state index in [0.29, 0.717) is 11.0 Å². The van der Waals surface area contributed by atoms with Crippen LogP contribution in [0.2, 0.25) is 0 Å². The molecule has 0 aliphatic carbocycles. The molecule has 0 aliphatic heterocycles. The molecule has 1 aromatic rings. The van der Waals surface area contributed by atoms with Crippen molar-refractivity contribution in [3.63, 3.8) is 0 Å². The van der Waals surface area contributed by atoms with E-state index in [4.69, 9.17) is 18.0 Å². The third kappa shape index (κ3) is 4.61. The second-order valence-electron chi connectivity index (χ2n) is 4.36. The maximum Gasteiger partial charge on any atom is 0.106 e. The number of thiocarbonyl (C=S) groups is 1. The summed E-state index contributed by atoms with van der Waals surface area (Å²) < 4.78 is 0.978. The van der Waals surface area contributed by atoms with E-state index in [0.717, 1.165) is 22.3 Å². The van der Waals surface area contributed by atoms with Crippen molar-refractivity contribution in [2.75, 3.05) is 26.0 Å². The Bertz CT molecular complexity index is 407. The number of nitrogens with one attached hydrogen (secondary N) is 1. The van der Waals surface area contributed by atoms with Crippen LogP contribution in [-0.2, 0) is 0 Å². The highest BCUT2D eigenvalue weighted by Gasteiger charge is 2.09. The Morgan fingerprint density at radius 3 is 2.71 bits per heavy atom. The van der Waals surface area contributed by atoms with Crippen LogP contribution < -0.4 is 11.1 Å². The molecule has 0 aliphatic rings. The lowest BCUT2D eigenvalue weighted by molar-refractivity contribution is 0.392. The highest BCUT2D eigenvalue weighted by Crippen LogP contribution is 2.21. The van der Waals surface area contributed by atoms with E-state index in [2.05, 4.69) is 33.1 Å². The van der Waals surface area contributed by atoms with E-state index in [1.807, 2.05) is 32.3 Å². The van der Waals surface area contributed by atoms with Crippen LogP contribution in [0.4, 0.5) is 5.69 Å². The van der Waals surface area contributed by atoms with Gasteiger partial charge in [-0.2, -0.15) is 0 Å². The lowest BCUT2D eigenvalue weighted by Gasteiger charge is -2.21. The fourth-order valence-corrected chi connectivity index (χ4v) is 2.23. The third-order valence-corrected chi connectivity index (χ3v) is 3.00. The number of hydrogen-bond donors (Lipinski definition) is 2. The molecule has 1 rings (SSSR count). The zero-order chi connectivity index (χ0) is 13.0. The van der Waals surface area contributed by atoms with Gasteiger partial charge < -0.3 is 16.0 Å². The number of rotatable bonds is 5. The van der Waals surface area contributed by atoms with Crippen molar-refractivity contribution in [2.24, 2.45) is 5.73 Å². The molecule has 0 saturated carbocycles. The lowest BCUT2D eigenvalue weighted by Crippen LogP contribution is -2.30. The quantitative estimate of drug-likeness (QED) is 0.819. The SMILES string of the molecule is CC(CN(C)C)Nc1ccc(Br)cc1C(N)=S. The van der Waals surface area contributed by atoms with Gasteiger partial charge in [0.25, 0.3) is 0 Å². The highest BCUT2D eigenvalue weighted by molar-refractivity contribution is 9.10. The Balaban J connectivity index is 2.86. The summed E-state index contributed by atoms with van der Waals surface area (Å²) in [6.07, 6.45) is 0. The van der Waals surface area contributed by atoms with Crippen molar-refractivity contribution >= 4 is 38.8 Å². The number of hydrogen-bond acceptors (Lipinski definition) is 3. The minimum Gasteiger partial charge on any atom is -0.389 e. The summed E-state index contributed by atoms with van der Waals surface area (Å²) in [6, 6.07) is 6.24. The molecule has 1 unspecified atom stereocenters. The number of nitrogens with zero attached hydrogens (tertiary/aromatic N) is 1. The maximum atomic E-state index is 5.72. The molecule has 0 aromatic heterocycles. The van der Waals surface area contributed by atoms with Gasteiger partial charge in [-0.3, -0.25) is 0 Å². The number of benzene rings is 1. The largest absolute Gasteiger partial charge is 0.389 e. The fourth-order valence-electron chi connectivity index (χ4n) is 1.71. The number of nitrogens with two attached hydrogens (primary N) is 1. The molecule has 0 bridgehead atoms. The fraction of sp³-hybridized carbons (Fsp3) is 0.417. The average molecular weight is 316 g/mol. The molecule has 0 spiro atoms. The first-order valence-corrected chi connectivity index (χ1v) is 6.61. The number of likely N-dealkylation sites (N-methyl/N-ethyl adjacent to an activating group) is 1. The smallest absolute Gasteiger partial charge is 0.106 e. The molecule has 5 heteroatoms. The first kappa shape index (κ1) is 14.4. The van der Waals surface area contributed by atoms with Crippen molar-refractivity contribution in [1.29, 1.82) is 0 Å². The second kappa shape index (κ2) is 6.33. The molecule has 17 heavy (non-hydrogen) atoms. The Hall–Kier alpha value is -0.650. The summed E-state index contributed by atoms with van der Waals surface area (Å²) in [5.41, 5.74) is 7.58. The van der Waals surface area contributed by atoms with E-state index in [1.54, 1.807) is 0 Å². The average Bonchev–Trinajstić information content (AvgIpc) is 2.19. The lowest BCUT2D eigenvalue weighted by atomic mass is 10.1. The van der Waals surface area contributed by atoms with Crippen LogP contribution in [0.1, 0.15) is 12.5 Å². The topological polar surface area (TPSA) is 41.3 Å². The molecular formula is C12H18BrN3S. The van der Waals surface area contributed by atoms with E-state index in [-0.39, 0.29) is 0 Å². The van der Waals surface area contributed by atoms with Gasteiger partial charge in [0, 0.05) is 28.3 Å². The molecule has 0 amide bonds. The minimum atomic E-state index is 0.333. The summed E-state index contributed by atoms with van der Waals surface area (Å²) >= 11 is 8.48. The molecule has 3 nitrogen and oxygen atoms in total. The van der Waals surface area contributed by atoms with Crippen molar-refractivity contribution < 1.29 is 0 Å². The summed E-state index contributed by atoms with van der Waals surface area (Å²) in [5, 5.41) is 3.42. The van der Waals surface area contributed by atoms with Crippen LogP contribution >= 0.6 is 28.1 Å². The van der Waals surface area contributed by atoms with Gasteiger partial charge in [0.05, 0.1) is 0 Å². The van der Waals surface area contributed by atoms with Gasteiger partial charge in [-0.15, -0.1) is 0 Å². The zero-order valence-electron chi connectivity index (χ0n) is 10.3. The molecule has 1 atom stereocenters. The summed E-state index contributed by atoms with van der Waals surface area (Å²) in [5.74, 6) is 0. The predicted molar refractivity (Wildman–Crippen MR) is 81.7 cm³/mol. The second-order valence-corrected chi connectivity index (χ2v) is 5.72. The first-order valence-electron chi connectivity index (χ1n) is 5.40. The molecule has 3 N–H and O–H groups in total. The molecule has 1 aromatic carbocycles. The normalized spacial score (nSPS) is 12.5. The van der Waals surface area contributed by atoms with Gasteiger partial charge in [0.2, 0.25) is 0 Å². The molecule has 94 valence electrons. The zero-order valence-corrected chi connectivity index (χ0v) is 12.7. The Labute approximate surface area is 116 Å². The third-order valence-electron chi connectivity index (χ3n) is 2.29. The number of anilines is 1. The molecular weight excluding hydrogens is 298 g/mol. The minimum absolute atomic E-state index is 0.333. The van der Waals surface area contributed by atoms with E-state index in [1.165, 1.54) is 0 Å². The molecule has 0 fully saturated rings. The highest BCUT2D eigenvalue weighted by atomic mass is 79.9. The van der Waals surface area contributed by atoms with Crippen LogP contribution in [0.3, 0.4) is 0 Å². The van der Waals surface area contributed by atoms with Crippen molar-refractivity contribution in [3.8, 4) is 0 Å². The molecule has 0 heterocycles.